The van der Waals surface area contributed by atoms with E-state index in [0.29, 0.717) is 15.8 Å². The quantitative estimate of drug-likeness (QED) is 0.381. The highest BCUT2D eigenvalue weighted by atomic mass is 35.5. The maximum Gasteiger partial charge on any atom is 0.174 e. The molecule has 4 aromatic rings. The molecule has 2 aromatic carbocycles. The lowest BCUT2D eigenvalue weighted by Crippen LogP contribution is -2.30. The highest BCUT2D eigenvalue weighted by Crippen LogP contribution is 2.45. The van der Waals surface area contributed by atoms with E-state index in [0.717, 1.165) is 22.6 Å². The molecule has 0 unspecified atom stereocenters. The van der Waals surface area contributed by atoms with Gasteiger partial charge in [-0.2, -0.15) is 0 Å². The van der Waals surface area contributed by atoms with Crippen LogP contribution < -0.4 is 10.2 Å². The Balaban J connectivity index is 1.71. The fraction of sp³-hybridized carbons (Fsp3) is 0.120. The van der Waals surface area contributed by atoms with Crippen molar-refractivity contribution in [1.82, 2.24) is 14.9 Å². The van der Waals surface area contributed by atoms with Gasteiger partial charge in [0, 0.05) is 28.8 Å². The number of aromatic hydroxyl groups is 1. The Morgan fingerprint density at radius 3 is 2.59 bits per heavy atom. The maximum absolute atomic E-state index is 10.7. The average molecular weight is 461 g/mol. The Kier molecular flexibility index (Phi) is 5.33. The predicted molar refractivity (Wildman–Crippen MR) is 132 cm³/mol. The molecule has 5 rings (SSSR count). The second-order valence-electron chi connectivity index (χ2n) is 7.72. The van der Waals surface area contributed by atoms with Gasteiger partial charge in [0.1, 0.15) is 11.8 Å². The Morgan fingerprint density at radius 1 is 1.00 bits per heavy atom. The van der Waals surface area contributed by atoms with Gasteiger partial charge < -0.3 is 19.9 Å². The summed E-state index contributed by atoms with van der Waals surface area (Å²) in [4.78, 5) is 6.53. The number of anilines is 1. The number of halogens is 1. The molecule has 7 heteroatoms. The zero-order valence-electron chi connectivity index (χ0n) is 17.3. The molecule has 0 aliphatic carbocycles. The van der Waals surface area contributed by atoms with Crippen LogP contribution in [0, 0.1) is 6.92 Å². The molecule has 0 spiro atoms. The zero-order chi connectivity index (χ0) is 22.2. The molecule has 32 heavy (non-hydrogen) atoms. The number of pyridine rings is 1. The Morgan fingerprint density at radius 2 is 1.81 bits per heavy atom. The summed E-state index contributed by atoms with van der Waals surface area (Å²) in [6.45, 7) is 2.09. The van der Waals surface area contributed by atoms with Crippen molar-refractivity contribution in [2.45, 2.75) is 19.0 Å². The minimum absolute atomic E-state index is 0.110. The van der Waals surface area contributed by atoms with Crippen molar-refractivity contribution in [3.63, 3.8) is 0 Å². The standard InChI is InChI=1S/C25H21ClN4OS/c1-16-7-2-3-9-19(16)29-14-6-10-20(29)24-23(18-8-4-5-13-27-18)28-25(32)30(24)21-15-17(26)11-12-22(21)31/h2-15,23-24,31H,1H3,(H,28,32)/t23-,24-/m1/s1. The molecule has 0 radical (unpaired) electrons. The average Bonchev–Trinajstić information content (AvgIpc) is 3.40. The summed E-state index contributed by atoms with van der Waals surface area (Å²) in [5.74, 6) is 0.110. The molecule has 1 aliphatic rings. The molecule has 1 fully saturated rings. The third-order valence-corrected chi connectivity index (χ3v) is 6.30. The van der Waals surface area contributed by atoms with Gasteiger partial charge in [0.15, 0.2) is 5.11 Å². The van der Waals surface area contributed by atoms with Crippen LogP contribution in [-0.4, -0.2) is 19.8 Å². The lowest BCUT2D eigenvalue weighted by molar-refractivity contribution is 0.472. The van der Waals surface area contributed by atoms with Crippen LogP contribution in [0.25, 0.3) is 5.69 Å². The SMILES string of the molecule is Cc1ccccc1-n1cccc1[C@@H]1[C@@H](c2ccccn2)NC(=S)N1c1cc(Cl)ccc1O. The van der Waals surface area contributed by atoms with Gasteiger partial charge in [0.2, 0.25) is 0 Å². The third kappa shape index (κ3) is 3.51. The van der Waals surface area contributed by atoms with Crippen molar-refractivity contribution < 1.29 is 5.11 Å². The monoisotopic (exact) mass is 460 g/mol. The highest BCUT2D eigenvalue weighted by Gasteiger charge is 2.43. The fourth-order valence-electron chi connectivity index (χ4n) is 4.29. The van der Waals surface area contributed by atoms with Crippen LogP contribution in [0.5, 0.6) is 5.75 Å². The summed E-state index contributed by atoms with van der Waals surface area (Å²) in [7, 11) is 0. The Bertz CT molecular complexity index is 1290. The van der Waals surface area contributed by atoms with Crippen LogP contribution >= 0.6 is 23.8 Å². The lowest BCUT2D eigenvalue weighted by Gasteiger charge is -2.29. The number of thiocarbonyl (C=S) groups is 1. The van der Waals surface area contributed by atoms with Crippen LogP contribution in [0.1, 0.15) is 29.0 Å². The number of nitrogens with one attached hydrogen (secondary N) is 1. The first kappa shape index (κ1) is 20.5. The molecule has 1 saturated heterocycles. The van der Waals surface area contributed by atoms with E-state index in [1.807, 2.05) is 47.5 Å². The number of hydrogen-bond donors (Lipinski definition) is 2. The van der Waals surface area contributed by atoms with Gasteiger partial charge in [-0.15, -0.1) is 0 Å². The Labute approximate surface area is 196 Å². The molecule has 0 saturated carbocycles. The second kappa shape index (κ2) is 8.30. The molecule has 2 atom stereocenters. The van der Waals surface area contributed by atoms with Crippen LogP contribution in [0.2, 0.25) is 5.02 Å². The van der Waals surface area contributed by atoms with Crippen molar-refractivity contribution in [2.75, 3.05) is 4.90 Å². The van der Waals surface area contributed by atoms with Gasteiger partial charge in [-0.25, -0.2) is 0 Å². The van der Waals surface area contributed by atoms with Gasteiger partial charge in [-0.1, -0.05) is 35.9 Å². The number of phenolic OH excluding ortho intramolecular Hbond substituents is 1. The second-order valence-corrected chi connectivity index (χ2v) is 8.54. The van der Waals surface area contributed by atoms with E-state index < -0.39 is 0 Å². The van der Waals surface area contributed by atoms with Gasteiger partial charge in [0.25, 0.3) is 0 Å². The summed E-state index contributed by atoms with van der Waals surface area (Å²) in [5, 5.41) is 15.2. The fourth-order valence-corrected chi connectivity index (χ4v) is 4.80. The van der Waals surface area contributed by atoms with Crippen LogP contribution in [0.15, 0.2) is 85.2 Å². The number of nitrogens with zero attached hydrogens (tertiary/aromatic N) is 3. The molecule has 3 heterocycles. The number of aryl methyl sites for hydroxylation is 1. The predicted octanol–water partition coefficient (Wildman–Crippen LogP) is 5.72. The molecular weight excluding hydrogens is 440 g/mol. The summed E-state index contributed by atoms with van der Waals surface area (Å²) in [5.41, 5.74) is 4.67. The van der Waals surface area contributed by atoms with E-state index in [1.165, 1.54) is 0 Å². The molecule has 0 amide bonds. The zero-order valence-corrected chi connectivity index (χ0v) is 18.9. The summed E-state index contributed by atoms with van der Waals surface area (Å²) in [6.07, 6.45) is 3.82. The van der Waals surface area contributed by atoms with E-state index in [9.17, 15) is 5.11 Å². The van der Waals surface area contributed by atoms with E-state index in [-0.39, 0.29) is 17.8 Å². The first-order valence-electron chi connectivity index (χ1n) is 10.3. The number of para-hydroxylation sites is 1. The Hall–Kier alpha value is -3.35. The molecule has 2 N–H and O–H groups in total. The van der Waals surface area contributed by atoms with Crippen molar-refractivity contribution in [3.05, 3.63) is 107 Å². The van der Waals surface area contributed by atoms with Gasteiger partial charge >= 0.3 is 0 Å². The smallest absolute Gasteiger partial charge is 0.174 e. The number of benzene rings is 2. The van der Waals surface area contributed by atoms with Crippen molar-refractivity contribution in [2.24, 2.45) is 0 Å². The first-order chi connectivity index (χ1) is 15.5. The minimum atomic E-state index is -0.267. The van der Waals surface area contributed by atoms with Gasteiger partial charge in [-0.3, -0.25) is 4.98 Å². The molecule has 160 valence electrons. The lowest BCUT2D eigenvalue weighted by atomic mass is 10.0. The molecule has 2 aromatic heterocycles. The van der Waals surface area contributed by atoms with E-state index in [2.05, 4.69) is 40.0 Å². The van der Waals surface area contributed by atoms with Crippen LogP contribution in [0.4, 0.5) is 5.69 Å². The van der Waals surface area contributed by atoms with Gasteiger partial charge in [0.05, 0.1) is 17.4 Å². The number of hydrogen-bond acceptors (Lipinski definition) is 3. The summed E-state index contributed by atoms with van der Waals surface area (Å²) < 4.78 is 2.17. The number of phenols is 1. The molecule has 5 nitrogen and oxygen atoms in total. The number of rotatable bonds is 4. The highest BCUT2D eigenvalue weighted by molar-refractivity contribution is 7.80. The van der Waals surface area contributed by atoms with Crippen molar-refractivity contribution in [3.8, 4) is 11.4 Å². The van der Waals surface area contributed by atoms with Gasteiger partial charge in [-0.05, 0) is 73.2 Å². The third-order valence-electron chi connectivity index (χ3n) is 5.75. The summed E-state index contributed by atoms with van der Waals surface area (Å²) in [6, 6.07) is 22.7. The van der Waals surface area contributed by atoms with E-state index in [1.54, 1.807) is 24.4 Å². The minimum Gasteiger partial charge on any atom is -0.506 e. The van der Waals surface area contributed by atoms with E-state index >= 15 is 0 Å². The first-order valence-corrected chi connectivity index (χ1v) is 11.1. The topological polar surface area (TPSA) is 53.3 Å². The largest absolute Gasteiger partial charge is 0.506 e. The molecule has 0 bridgehead atoms. The summed E-state index contributed by atoms with van der Waals surface area (Å²) >= 11 is 12.1. The maximum atomic E-state index is 10.7. The van der Waals surface area contributed by atoms with Crippen LogP contribution in [0.3, 0.4) is 0 Å². The van der Waals surface area contributed by atoms with E-state index in [4.69, 9.17) is 23.8 Å². The number of aromatic nitrogens is 2. The molecule has 1 aliphatic heterocycles. The normalized spacial score (nSPS) is 18.1. The van der Waals surface area contributed by atoms with Crippen LogP contribution in [-0.2, 0) is 0 Å². The van der Waals surface area contributed by atoms with Crippen molar-refractivity contribution >= 4 is 34.6 Å². The molecular formula is C25H21ClN4OS. The van der Waals surface area contributed by atoms with Crippen molar-refractivity contribution in [1.29, 1.82) is 0 Å².